The van der Waals surface area contributed by atoms with Gasteiger partial charge < -0.3 is 94.7 Å². The third-order valence-electron chi connectivity index (χ3n) is 16.1. The number of anilines is 1. The van der Waals surface area contributed by atoms with Crippen LogP contribution in [0.4, 0.5) is 10.5 Å². The number of hydrogen-bond acceptors (Lipinski definition) is 17. The van der Waals surface area contributed by atoms with E-state index in [0.717, 1.165) is 16.7 Å². The van der Waals surface area contributed by atoms with Crippen molar-refractivity contribution in [3.63, 3.8) is 0 Å². The van der Waals surface area contributed by atoms with Gasteiger partial charge in [-0.05, 0) is 54.0 Å². The summed E-state index contributed by atoms with van der Waals surface area (Å²) in [6.45, 7) is 9.50. The fourth-order valence-corrected chi connectivity index (χ4v) is 11.8. The summed E-state index contributed by atoms with van der Waals surface area (Å²) < 4.78 is 0. The molecule has 91 heavy (non-hydrogen) atoms. The van der Waals surface area contributed by atoms with Crippen LogP contribution in [0.2, 0.25) is 0 Å². The van der Waals surface area contributed by atoms with Gasteiger partial charge in [0.15, 0.2) is 0 Å². The molecule has 3 aliphatic rings. The zero-order valence-electron chi connectivity index (χ0n) is 52.1. The lowest BCUT2D eigenvalue weighted by molar-refractivity contribution is -0.144. The molecule has 2 aromatic carbocycles. The van der Waals surface area contributed by atoms with E-state index >= 15 is 4.79 Å². The highest BCUT2D eigenvalue weighted by Gasteiger charge is 2.45. The number of H-pyrrole nitrogens is 1. The van der Waals surface area contributed by atoms with Gasteiger partial charge in [-0.1, -0.05) is 85.2 Å². The summed E-state index contributed by atoms with van der Waals surface area (Å²) in [7, 11) is 0. The number of benzene rings is 2. The maximum atomic E-state index is 15.0. The molecule has 12 atom stereocenters. The average Bonchev–Trinajstić information content (AvgIpc) is 1.73. The van der Waals surface area contributed by atoms with E-state index in [2.05, 4.69) is 68.8 Å². The first-order valence-electron chi connectivity index (χ1n) is 30.5. The number of urea groups is 1. The number of primary amides is 1. The number of amides is 13. The second-order valence-corrected chi connectivity index (χ2v) is 24.8. The van der Waals surface area contributed by atoms with E-state index in [1.165, 1.54) is 6.92 Å². The summed E-state index contributed by atoms with van der Waals surface area (Å²) in [6, 6.07) is 1.23. The van der Waals surface area contributed by atoms with Crippen molar-refractivity contribution in [1.29, 1.82) is 0 Å². The Kier molecular flexibility index (Phi) is 26.5. The lowest BCUT2D eigenvalue weighted by Crippen LogP contribution is -2.62. The SMILES string of the molecule is CC[C@H](C)[C@@H]1NC(=O)CNC(=O)[C@@H]2Cc3c([nH]c4ccccc34)SC[C@H](NC(=O)CNC1=O)C(=O)N[C@@H](CC(=O)NCc1ccc(NC(=O)[C@H](CCCNC(N)=O)NC(=O)[C@@H](NC(C)C)C(C)C)cc1)C(=O)N1C[C@H](O)C[C@H]1C(=O)N[C@@H]([C@@H](C)[C@@H](O)CO)C(=O)N2. The molecule has 2 bridgehead atoms. The molecule has 3 aliphatic heterocycles. The highest BCUT2D eigenvalue weighted by molar-refractivity contribution is 7.99. The number of aliphatic hydroxyl groups is 3. The van der Waals surface area contributed by atoms with Crippen LogP contribution in [0, 0.1) is 17.8 Å². The quantitative estimate of drug-likeness (QED) is 0.0504. The topological polar surface area (TPSA) is 455 Å². The maximum Gasteiger partial charge on any atom is 0.312 e. The number of aromatic nitrogens is 1. The fraction of sp³-hybridized carbons (Fsp3) is 0.567. The number of hydrogen-bond donors (Lipinski definition) is 17. The number of nitrogens with two attached hydrogens (primary N) is 1. The maximum absolute atomic E-state index is 15.0. The number of nitrogens with zero attached hydrogens (tertiary/aromatic N) is 1. The van der Waals surface area contributed by atoms with E-state index in [1.807, 2.05) is 27.7 Å². The Labute approximate surface area is 530 Å². The summed E-state index contributed by atoms with van der Waals surface area (Å²) in [5.41, 5.74) is 7.00. The Morgan fingerprint density at radius 1 is 0.769 bits per heavy atom. The van der Waals surface area contributed by atoms with E-state index < -0.39 is 182 Å². The minimum atomic E-state index is -1.83. The molecule has 18 N–H and O–H groups in total. The average molecular weight is 1290 g/mol. The van der Waals surface area contributed by atoms with Crippen LogP contribution in [0.25, 0.3) is 10.9 Å². The molecule has 0 unspecified atom stereocenters. The van der Waals surface area contributed by atoms with Gasteiger partial charge in [-0.3, -0.25) is 52.7 Å². The van der Waals surface area contributed by atoms with Gasteiger partial charge in [-0.15, -0.1) is 11.8 Å². The number of aromatic amines is 1. The van der Waals surface area contributed by atoms with Gasteiger partial charge in [0.1, 0.15) is 42.3 Å². The number of carbonyl (C=O) groups is 12. The summed E-state index contributed by atoms with van der Waals surface area (Å²) in [5, 5.41) is 65.2. The molecule has 4 heterocycles. The molecule has 1 aromatic heterocycles. The number of nitrogens with one attached hydrogen (secondary N) is 13. The molecule has 3 aromatic rings. The lowest BCUT2D eigenvalue weighted by Gasteiger charge is -2.33. The molecule has 1 saturated heterocycles. The molecule has 1 fully saturated rings. The van der Waals surface area contributed by atoms with Crippen molar-refractivity contribution in [2.45, 2.75) is 165 Å². The first-order chi connectivity index (χ1) is 43.2. The number of rotatable bonds is 20. The molecule has 0 aliphatic carbocycles. The van der Waals surface area contributed by atoms with Crippen LogP contribution in [0.3, 0.4) is 0 Å². The summed E-state index contributed by atoms with van der Waals surface area (Å²) in [6.07, 6.45) is -3.71. The van der Waals surface area contributed by atoms with Crippen LogP contribution in [0.15, 0.2) is 53.6 Å². The summed E-state index contributed by atoms with van der Waals surface area (Å²) in [5.74, 6) is -11.5. The van der Waals surface area contributed by atoms with Crippen molar-refractivity contribution in [2.24, 2.45) is 23.5 Å². The number of aliphatic hydroxyl groups excluding tert-OH is 3. The van der Waals surface area contributed by atoms with Crippen molar-refractivity contribution in [3.8, 4) is 0 Å². The van der Waals surface area contributed by atoms with E-state index in [1.54, 1.807) is 62.4 Å². The minimum absolute atomic E-state index is 0.0389. The van der Waals surface area contributed by atoms with Crippen LogP contribution in [-0.2, 0) is 65.7 Å². The lowest BCUT2D eigenvalue weighted by atomic mass is 9.93. The molecule has 0 saturated carbocycles. The fourth-order valence-electron chi connectivity index (χ4n) is 10.7. The molecule has 31 heteroatoms. The predicted molar refractivity (Wildman–Crippen MR) is 333 cm³/mol. The Morgan fingerprint density at radius 3 is 2.11 bits per heavy atom. The Hall–Kier alpha value is -8.39. The Morgan fingerprint density at radius 2 is 1.45 bits per heavy atom. The predicted octanol–water partition coefficient (Wildman–Crippen LogP) is -2.92. The van der Waals surface area contributed by atoms with Gasteiger partial charge in [0.05, 0.1) is 49.4 Å². The molecule has 0 radical (unpaired) electrons. The van der Waals surface area contributed by atoms with Gasteiger partial charge in [-0.2, -0.15) is 0 Å². The van der Waals surface area contributed by atoms with Crippen LogP contribution >= 0.6 is 11.8 Å². The molecule has 13 amide bonds. The number of para-hydroxylation sites is 1. The molecule has 6 rings (SSSR count). The largest absolute Gasteiger partial charge is 0.394 e. The van der Waals surface area contributed by atoms with E-state index in [-0.39, 0.29) is 43.6 Å². The van der Waals surface area contributed by atoms with Gasteiger partial charge in [0.2, 0.25) is 65.0 Å². The summed E-state index contributed by atoms with van der Waals surface area (Å²) >= 11 is 1.00. The second-order valence-electron chi connectivity index (χ2n) is 23.8. The van der Waals surface area contributed by atoms with Gasteiger partial charge in [-0.25, -0.2) is 4.79 Å². The molecule has 498 valence electrons. The van der Waals surface area contributed by atoms with Crippen molar-refractivity contribution in [3.05, 3.63) is 59.7 Å². The van der Waals surface area contributed by atoms with E-state index in [9.17, 15) is 68.1 Å². The zero-order chi connectivity index (χ0) is 66.8. The Balaban J connectivity index is 1.34. The molecule has 0 spiro atoms. The van der Waals surface area contributed by atoms with Crippen molar-refractivity contribution in [1.82, 2.24) is 68.4 Å². The van der Waals surface area contributed by atoms with Gasteiger partial charge in [0, 0.05) is 66.8 Å². The smallest absolute Gasteiger partial charge is 0.312 e. The monoisotopic (exact) mass is 1290 g/mol. The van der Waals surface area contributed by atoms with Gasteiger partial charge >= 0.3 is 6.03 Å². The van der Waals surface area contributed by atoms with Crippen LogP contribution in [-0.4, -0.2) is 201 Å². The zero-order valence-corrected chi connectivity index (χ0v) is 52.9. The van der Waals surface area contributed by atoms with Gasteiger partial charge in [0.25, 0.3) is 0 Å². The summed E-state index contributed by atoms with van der Waals surface area (Å²) in [4.78, 5) is 172. The molecular formula is C60H87N15O15S. The number of fused-ring (bicyclic) bond motifs is 5. The van der Waals surface area contributed by atoms with Crippen LogP contribution < -0.4 is 69.5 Å². The third kappa shape index (κ3) is 20.3. The van der Waals surface area contributed by atoms with Crippen molar-refractivity contribution in [2.75, 3.05) is 43.9 Å². The first-order valence-corrected chi connectivity index (χ1v) is 31.5. The highest BCUT2D eigenvalue weighted by atomic mass is 32.2. The second kappa shape index (κ2) is 33.6. The first kappa shape index (κ1) is 71.7. The minimum Gasteiger partial charge on any atom is -0.394 e. The normalized spacial score (nSPS) is 23.3. The highest BCUT2D eigenvalue weighted by Crippen LogP contribution is 2.32. The number of thioether (sulfide) groups is 1. The molecular weight excluding hydrogens is 1200 g/mol. The van der Waals surface area contributed by atoms with Crippen molar-refractivity contribution >= 4 is 99.4 Å². The third-order valence-corrected chi connectivity index (χ3v) is 17.2. The molecule has 30 nitrogen and oxygen atoms in total. The Bertz CT molecular complexity index is 3130. The van der Waals surface area contributed by atoms with Crippen molar-refractivity contribution < 1.29 is 72.9 Å². The number of carbonyl (C=O) groups excluding carboxylic acids is 12. The van der Waals surface area contributed by atoms with Crippen LogP contribution in [0.5, 0.6) is 0 Å². The standard InChI is InChI=1S/C60H87N15O15S/c1-8-31(6)49-55(86)65-24-46(80)68-42-28-91-58-37(36-12-9-10-13-38(36)72-58)21-40(51(82)64-25-47(81)73-49)70-57(88)50(32(7)44(78)27-76)74-54(85)43-20-35(77)26-75(43)59(89)41(71-53(42)84)22-45(79)63-23-33-15-17-34(18-16-33)67-52(83)39(14-11-19-62-60(61)90)69-56(87)48(29(2)3)66-30(4)5/h9-10,12-13,15-18,29-32,35,39-44,48-50,66,72,76-78H,8,11,14,19-28H2,1-7H3,(H,63,79)(H,64,82)(H,65,86)(H,67,83)(H,68,80)(H,69,87)(H,70,88)(H,71,84)(H,73,81)(H,74,85)(H3,61,62,90)/t31-,32-,35+,39-,40-,41-,42-,43-,44-,48-,49-,50-/m0/s1. The van der Waals surface area contributed by atoms with E-state index in [0.29, 0.717) is 45.6 Å². The van der Waals surface area contributed by atoms with E-state index in [4.69, 9.17) is 5.73 Å². The van der Waals surface area contributed by atoms with Crippen LogP contribution in [0.1, 0.15) is 91.7 Å².